The van der Waals surface area contributed by atoms with Gasteiger partial charge >= 0.3 is 5.97 Å². The van der Waals surface area contributed by atoms with Crippen LogP contribution in [0.2, 0.25) is 0 Å². The van der Waals surface area contributed by atoms with E-state index in [0.717, 1.165) is 0 Å². The summed E-state index contributed by atoms with van der Waals surface area (Å²) < 4.78 is 18.7. The number of aromatic nitrogens is 1. The van der Waals surface area contributed by atoms with Gasteiger partial charge in [-0.1, -0.05) is 24.3 Å². The fourth-order valence-corrected chi connectivity index (χ4v) is 1.93. The number of hydrogen-bond acceptors (Lipinski definition) is 5. The number of aliphatic imine (C=N–C) groups is 1. The zero-order valence-electron chi connectivity index (χ0n) is 13.3. The summed E-state index contributed by atoms with van der Waals surface area (Å²) in [4.78, 5) is 20.3. The van der Waals surface area contributed by atoms with Gasteiger partial charge < -0.3 is 10.5 Å². The molecule has 2 N–H and O–H groups in total. The van der Waals surface area contributed by atoms with Crippen molar-refractivity contribution in [1.29, 1.82) is 0 Å². The molecule has 2 aromatic rings. The Balaban J connectivity index is 2.29. The Labute approximate surface area is 139 Å². The maximum Gasteiger partial charge on any atom is 0.356 e. The summed E-state index contributed by atoms with van der Waals surface area (Å²) in [5, 5.41) is 0. The summed E-state index contributed by atoms with van der Waals surface area (Å²) >= 11 is 0. The fraction of sp³-hybridized carbons (Fsp3) is 0.167. The van der Waals surface area contributed by atoms with Crippen LogP contribution in [0.4, 0.5) is 4.39 Å². The number of halogens is 1. The summed E-state index contributed by atoms with van der Waals surface area (Å²) in [7, 11) is 0. The van der Waals surface area contributed by atoms with E-state index in [9.17, 15) is 9.18 Å². The van der Waals surface area contributed by atoms with Gasteiger partial charge in [-0.2, -0.15) is 0 Å². The van der Waals surface area contributed by atoms with E-state index in [0.29, 0.717) is 11.3 Å². The minimum atomic E-state index is -0.618. The van der Waals surface area contributed by atoms with Gasteiger partial charge in [0, 0.05) is 11.8 Å². The standard InChI is InChI=1S/C18H18FN3O2/c1-2-24-18(23)17(11-15(20)16-9-5-6-10-21-16)22-12-13-7-3-4-8-14(13)19/h3-11H,2,12,20H2,1H3. The lowest BCUT2D eigenvalue weighted by Crippen LogP contribution is -2.17. The Hall–Kier alpha value is -3.02. The second-order valence-electron chi connectivity index (χ2n) is 4.83. The third kappa shape index (κ3) is 4.74. The Morgan fingerprint density at radius 1 is 1.29 bits per heavy atom. The Morgan fingerprint density at radius 2 is 2.04 bits per heavy atom. The van der Waals surface area contributed by atoms with Crippen molar-refractivity contribution in [3.05, 3.63) is 71.8 Å². The highest BCUT2D eigenvalue weighted by Gasteiger charge is 2.12. The molecule has 1 aromatic heterocycles. The van der Waals surface area contributed by atoms with Crippen LogP contribution in [0.5, 0.6) is 0 Å². The van der Waals surface area contributed by atoms with Gasteiger partial charge in [0.15, 0.2) is 0 Å². The van der Waals surface area contributed by atoms with Crippen LogP contribution in [-0.2, 0) is 16.1 Å². The van der Waals surface area contributed by atoms with E-state index >= 15 is 0 Å². The van der Waals surface area contributed by atoms with Crippen LogP contribution >= 0.6 is 0 Å². The second-order valence-corrected chi connectivity index (χ2v) is 4.83. The van der Waals surface area contributed by atoms with Gasteiger partial charge in [0.2, 0.25) is 0 Å². The summed E-state index contributed by atoms with van der Waals surface area (Å²) in [6.07, 6.45) is 2.98. The molecule has 0 atom stereocenters. The van der Waals surface area contributed by atoms with Gasteiger partial charge in [-0.3, -0.25) is 9.98 Å². The first-order valence-electron chi connectivity index (χ1n) is 7.45. The monoisotopic (exact) mass is 327 g/mol. The molecule has 0 aliphatic rings. The van der Waals surface area contributed by atoms with Gasteiger partial charge in [0.25, 0.3) is 0 Å². The summed E-state index contributed by atoms with van der Waals surface area (Å²) in [6.45, 7) is 1.90. The highest BCUT2D eigenvalue weighted by Crippen LogP contribution is 2.10. The van der Waals surface area contributed by atoms with Gasteiger partial charge in [0.05, 0.1) is 24.5 Å². The summed E-state index contributed by atoms with van der Waals surface area (Å²) in [5.74, 6) is -1.00. The number of hydrogen-bond donors (Lipinski definition) is 1. The molecule has 1 aromatic carbocycles. The molecule has 0 unspecified atom stereocenters. The molecule has 0 aliphatic heterocycles. The third-order valence-corrected chi connectivity index (χ3v) is 3.12. The number of ether oxygens (including phenoxy) is 1. The van der Waals surface area contributed by atoms with E-state index in [4.69, 9.17) is 10.5 Å². The lowest BCUT2D eigenvalue weighted by molar-refractivity contribution is -0.134. The number of nitrogens with two attached hydrogens (primary N) is 1. The quantitative estimate of drug-likeness (QED) is 0.654. The zero-order valence-corrected chi connectivity index (χ0v) is 13.3. The van der Waals surface area contributed by atoms with E-state index in [1.807, 2.05) is 0 Å². The maximum absolute atomic E-state index is 13.7. The zero-order chi connectivity index (χ0) is 17.4. The van der Waals surface area contributed by atoms with Crippen molar-refractivity contribution >= 4 is 17.4 Å². The molecule has 5 nitrogen and oxygen atoms in total. The average molecular weight is 327 g/mol. The van der Waals surface area contributed by atoms with Crippen molar-refractivity contribution in [3.8, 4) is 0 Å². The topological polar surface area (TPSA) is 77.6 Å². The van der Waals surface area contributed by atoms with Crippen LogP contribution in [0.3, 0.4) is 0 Å². The number of nitrogens with zero attached hydrogens (tertiary/aromatic N) is 2. The Morgan fingerprint density at radius 3 is 2.71 bits per heavy atom. The van der Waals surface area contributed by atoms with Gasteiger partial charge in [-0.25, -0.2) is 9.18 Å². The highest BCUT2D eigenvalue weighted by molar-refractivity contribution is 6.42. The number of pyridine rings is 1. The summed E-state index contributed by atoms with van der Waals surface area (Å²) in [5.41, 5.74) is 7.15. The number of rotatable bonds is 6. The maximum atomic E-state index is 13.7. The predicted octanol–water partition coefficient (Wildman–Crippen LogP) is 2.72. The lowest BCUT2D eigenvalue weighted by atomic mass is 10.2. The molecule has 2 rings (SSSR count). The Bertz CT molecular complexity index is 758. The fourth-order valence-electron chi connectivity index (χ4n) is 1.93. The van der Waals surface area contributed by atoms with Crippen molar-refractivity contribution < 1.29 is 13.9 Å². The number of carbonyl (C=O) groups is 1. The van der Waals surface area contributed by atoms with E-state index in [-0.39, 0.29) is 30.4 Å². The smallest absolute Gasteiger partial charge is 0.356 e. The molecule has 0 radical (unpaired) electrons. The molecule has 0 amide bonds. The third-order valence-electron chi connectivity index (χ3n) is 3.12. The lowest BCUT2D eigenvalue weighted by Gasteiger charge is -2.05. The molecule has 6 heteroatoms. The van der Waals surface area contributed by atoms with Gasteiger partial charge in [-0.05, 0) is 31.2 Å². The molecule has 0 bridgehead atoms. The van der Waals surface area contributed by atoms with Crippen molar-refractivity contribution in [3.63, 3.8) is 0 Å². The van der Waals surface area contributed by atoms with E-state index in [1.54, 1.807) is 49.5 Å². The van der Waals surface area contributed by atoms with Crippen LogP contribution in [0.15, 0.2) is 59.7 Å². The second kappa shape index (κ2) is 8.57. The molecule has 0 saturated carbocycles. The first-order valence-corrected chi connectivity index (χ1v) is 7.45. The van der Waals surface area contributed by atoms with Gasteiger partial charge in [0.1, 0.15) is 11.5 Å². The number of benzene rings is 1. The van der Waals surface area contributed by atoms with E-state index in [1.165, 1.54) is 12.1 Å². The normalized spacial score (nSPS) is 12.1. The van der Waals surface area contributed by atoms with Crippen LogP contribution in [0, 0.1) is 5.82 Å². The molecule has 0 spiro atoms. The summed E-state index contributed by atoms with van der Waals surface area (Å²) in [6, 6.07) is 11.5. The molecule has 24 heavy (non-hydrogen) atoms. The van der Waals surface area contributed by atoms with E-state index in [2.05, 4.69) is 9.98 Å². The van der Waals surface area contributed by atoms with Crippen molar-refractivity contribution in [1.82, 2.24) is 4.98 Å². The molecule has 124 valence electrons. The SMILES string of the molecule is CCOC(=O)C(C=C(N)c1ccccn1)=NCc1ccccc1F. The van der Waals surface area contributed by atoms with Crippen LogP contribution < -0.4 is 5.73 Å². The number of esters is 1. The Kier molecular flexibility index (Phi) is 6.19. The van der Waals surface area contributed by atoms with Gasteiger partial charge in [-0.15, -0.1) is 0 Å². The average Bonchev–Trinajstić information content (AvgIpc) is 2.60. The predicted molar refractivity (Wildman–Crippen MR) is 90.6 cm³/mol. The van der Waals surface area contributed by atoms with E-state index < -0.39 is 5.97 Å². The number of carbonyl (C=O) groups excluding carboxylic acids is 1. The minimum Gasteiger partial charge on any atom is -0.461 e. The molecular formula is C18H18FN3O2. The minimum absolute atomic E-state index is 0.00677. The highest BCUT2D eigenvalue weighted by atomic mass is 19.1. The van der Waals surface area contributed by atoms with Crippen molar-refractivity contribution in [2.75, 3.05) is 6.61 Å². The van der Waals surface area contributed by atoms with Crippen LogP contribution in [0.1, 0.15) is 18.2 Å². The molecular weight excluding hydrogens is 309 g/mol. The molecule has 0 saturated heterocycles. The molecule has 1 heterocycles. The first kappa shape index (κ1) is 17.3. The molecule has 0 fully saturated rings. The van der Waals surface area contributed by atoms with Crippen molar-refractivity contribution in [2.45, 2.75) is 13.5 Å². The first-order chi connectivity index (χ1) is 11.6. The molecule has 0 aliphatic carbocycles. The van der Waals surface area contributed by atoms with Crippen LogP contribution in [0.25, 0.3) is 5.70 Å². The van der Waals surface area contributed by atoms with Crippen molar-refractivity contribution in [2.24, 2.45) is 10.7 Å². The largest absolute Gasteiger partial charge is 0.461 e. The van der Waals surface area contributed by atoms with Crippen LogP contribution in [-0.4, -0.2) is 23.3 Å².